The number of hydrogen-bond donors (Lipinski definition) is 2. The monoisotopic (exact) mass is 391 g/mol. The second-order valence-electron chi connectivity index (χ2n) is 5.28. The lowest BCUT2D eigenvalue weighted by Gasteiger charge is -2.09. The summed E-state index contributed by atoms with van der Waals surface area (Å²) in [7, 11) is 2.93. The molecule has 140 valence electrons. The highest BCUT2D eigenvalue weighted by atomic mass is 35.5. The number of aromatic nitrogens is 3. The highest BCUT2D eigenvalue weighted by Crippen LogP contribution is 2.06. The summed E-state index contributed by atoms with van der Waals surface area (Å²) in [6, 6.07) is 3.01. The van der Waals surface area contributed by atoms with Gasteiger partial charge in [0.1, 0.15) is 11.3 Å². The van der Waals surface area contributed by atoms with E-state index in [0.29, 0.717) is 18.5 Å². The van der Waals surface area contributed by atoms with E-state index >= 15 is 0 Å². The van der Waals surface area contributed by atoms with E-state index in [1.54, 1.807) is 0 Å². The van der Waals surface area contributed by atoms with Crippen LogP contribution in [0.15, 0.2) is 21.7 Å². The van der Waals surface area contributed by atoms with Crippen LogP contribution in [0.5, 0.6) is 0 Å². The number of hydrogen-bond acceptors (Lipinski definition) is 5. The first-order valence-corrected chi connectivity index (χ1v) is 7.53. The molecule has 0 saturated heterocycles. The lowest BCUT2D eigenvalue weighted by Crippen LogP contribution is -2.38. The molecule has 0 unspecified atom stereocenters. The van der Waals surface area contributed by atoms with E-state index in [1.165, 1.54) is 30.8 Å². The van der Waals surface area contributed by atoms with E-state index in [9.17, 15) is 14.4 Å². The summed E-state index contributed by atoms with van der Waals surface area (Å²) in [6.45, 7) is 4.12. The number of rotatable bonds is 6. The number of aryl methyl sites for hydroxylation is 1. The van der Waals surface area contributed by atoms with Crippen molar-refractivity contribution >= 4 is 41.8 Å². The van der Waals surface area contributed by atoms with E-state index in [0.717, 1.165) is 17.5 Å². The van der Waals surface area contributed by atoms with Gasteiger partial charge in [0.15, 0.2) is 0 Å². The minimum atomic E-state index is -0.476. The Kier molecular flexibility index (Phi) is 9.40. The van der Waals surface area contributed by atoms with Crippen molar-refractivity contribution < 1.29 is 4.79 Å². The fourth-order valence-corrected chi connectivity index (χ4v) is 2.24. The number of pyridine rings is 1. The predicted molar refractivity (Wildman–Crippen MR) is 102 cm³/mol. The van der Waals surface area contributed by atoms with E-state index in [1.807, 2.05) is 0 Å². The molecule has 0 aliphatic carbocycles. The van der Waals surface area contributed by atoms with E-state index < -0.39 is 11.2 Å². The Balaban J connectivity index is 0.00000288. The van der Waals surface area contributed by atoms with Crippen LogP contribution in [0, 0.1) is 0 Å². The number of fused-ring (bicyclic) bond motifs is 1. The fraction of sp³-hybridized carbons (Fsp3) is 0.467. The molecule has 2 aromatic rings. The smallest absolute Gasteiger partial charge is 0.332 e. The SMILES string of the molecule is CCCNCCNC(=O)c1ccc2c(=O)n(C)c(=O)n(C)c2n1.Cl.Cl. The third-order valence-electron chi connectivity index (χ3n) is 3.55. The van der Waals surface area contributed by atoms with E-state index in [-0.39, 0.29) is 42.1 Å². The Labute approximate surface area is 157 Å². The largest absolute Gasteiger partial charge is 0.349 e. The van der Waals surface area contributed by atoms with Crippen LogP contribution >= 0.6 is 24.8 Å². The molecule has 0 aliphatic heterocycles. The van der Waals surface area contributed by atoms with Crippen molar-refractivity contribution in [1.29, 1.82) is 0 Å². The average molecular weight is 392 g/mol. The third kappa shape index (κ3) is 5.04. The van der Waals surface area contributed by atoms with E-state index in [2.05, 4.69) is 22.5 Å². The first kappa shape index (κ1) is 23.1. The molecular formula is C15H23Cl2N5O3. The molecule has 0 radical (unpaired) electrons. The minimum Gasteiger partial charge on any atom is -0.349 e. The van der Waals surface area contributed by atoms with Gasteiger partial charge < -0.3 is 10.6 Å². The highest BCUT2D eigenvalue weighted by Gasteiger charge is 2.13. The maximum absolute atomic E-state index is 12.1. The zero-order chi connectivity index (χ0) is 17.0. The van der Waals surface area contributed by atoms with Crippen LogP contribution in [-0.2, 0) is 14.1 Å². The topological polar surface area (TPSA) is 98.0 Å². The molecular weight excluding hydrogens is 369 g/mol. The molecule has 0 bridgehead atoms. The van der Waals surface area contributed by atoms with Gasteiger partial charge in [0.25, 0.3) is 11.5 Å². The molecule has 25 heavy (non-hydrogen) atoms. The molecule has 2 rings (SSSR count). The first-order chi connectivity index (χ1) is 11.0. The highest BCUT2D eigenvalue weighted by molar-refractivity contribution is 5.94. The molecule has 10 heteroatoms. The third-order valence-corrected chi connectivity index (χ3v) is 3.55. The van der Waals surface area contributed by atoms with Crippen LogP contribution in [0.25, 0.3) is 11.0 Å². The van der Waals surface area contributed by atoms with Crippen molar-refractivity contribution in [2.45, 2.75) is 13.3 Å². The molecule has 0 spiro atoms. The second kappa shape index (κ2) is 10.2. The van der Waals surface area contributed by atoms with Crippen LogP contribution in [0.1, 0.15) is 23.8 Å². The van der Waals surface area contributed by atoms with Gasteiger partial charge in [0.05, 0.1) is 5.39 Å². The Bertz CT molecular complexity index is 847. The molecule has 2 aromatic heterocycles. The molecule has 0 aliphatic rings. The van der Waals surface area contributed by atoms with Crippen molar-refractivity contribution in [2.24, 2.45) is 14.1 Å². The maximum Gasteiger partial charge on any atom is 0.332 e. The summed E-state index contributed by atoms with van der Waals surface area (Å²) >= 11 is 0. The Hall–Kier alpha value is -1.90. The fourth-order valence-electron chi connectivity index (χ4n) is 2.24. The van der Waals surface area contributed by atoms with Gasteiger partial charge >= 0.3 is 5.69 Å². The number of carbonyl (C=O) groups is 1. The molecule has 0 saturated carbocycles. The van der Waals surface area contributed by atoms with Crippen molar-refractivity contribution in [2.75, 3.05) is 19.6 Å². The van der Waals surface area contributed by atoms with Crippen molar-refractivity contribution in [3.8, 4) is 0 Å². The summed E-state index contributed by atoms with van der Waals surface area (Å²) in [4.78, 5) is 40.3. The Morgan fingerprint density at radius 1 is 1.08 bits per heavy atom. The van der Waals surface area contributed by atoms with Crippen LogP contribution in [0.2, 0.25) is 0 Å². The molecule has 2 N–H and O–H groups in total. The summed E-state index contributed by atoms with van der Waals surface area (Å²) in [5, 5.41) is 6.23. The van der Waals surface area contributed by atoms with Crippen molar-refractivity contribution in [3.63, 3.8) is 0 Å². The number of nitrogens with one attached hydrogen (secondary N) is 2. The second-order valence-corrected chi connectivity index (χ2v) is 5.28. The number of nitrogens with zero attached hydrogens (tertiary/aromatic N) is 3. The minimum absolute atomic E-state index is 0. The molecule has 0 atom stereocenters. The van der Waals surface area contributed by atoms with Crippen molar-refractivity contribution in [3.05, 3.63) is 38.7 Å². The quantitative estimate of drug-likeness (QED) is 0.685. The van der Waals surface area contributed by atoms with Gasteiger partial charge in [-0.05, 0) is 25.1 Å². The molecule has 0 fully saturated rings. The standard InChI is InChI=1S/C15H21N5O3.2ClH/c1-4-7-16-8-9-17-13(21)11-6-5-10-12(18-11)19(2)15(23)20(3)14(10)22;;/h5-6,16H,4,7-9H2,1-3H3,(H,17,21);2*1H. The number of amides is 1. The maximum atomic E-state index is 12.1. The normalized spacial score (nSPS) is 10.0. The average Bonchev–Trinajstić information content (AvgIpc) is 2.57. The van der Waals surface area contributed by atoms with Gasteiger partial charge in [0.2, 0.25) is 0 Å². The summed E-state index contributed by atoms with van der Waals surface area (Å²) in [6.07, 6.45) is 1.03. The summed E-state index contributed by atoms with van der Waals surface area (Å²) < 4.78 is 2.28. The zero-order valence-corrected chi connectivity index (χ0v) is 16.0. The van der Waals surface area contributed by atoms with E-state index in [4.69, 9.17) is 0 Å². The van der Waals surface area contributed by atoms with Crippen LogP contribution < -0.4 is 21.9 Å². The lowest BCUT2D eigenvalue weighted by atomic mass is 10.2. The lowest BCUT2D eigenvalue weighted by molar-refractivity contribution is 0.0949. The molecule has 8 nitrogen and oxygen atoms in total. The summed E-state index contributed by atoms with van der Waals surface area (Å²) in [5.74, 6) is -0.335. The summed E-state index contributed by atoms with van der Waals surface area (Å²) in [5.41, 5.74) is -0.520. The first-order valence-electron chi connectivity index (χ1n) is 7.53. The van der Waals surface area contributed by atoms with Gasteiger partial charge in [-0.1, -0.05) is 6.92 Å². The Morgan fingerprint density at radius 3 is 2.40 bits per heavy atom. The van der Waals surface area contributed by atoms with Gasteiger partial charge in [-0.25, -0.2) is 9.78 Å². The molecule has 0 aromatic carbocycles. The number of carbonyl (C=O) groups excluding carboxylic acids is 1. The van der Waals surface area contributed by atoms with Gasteiger partial charge in [-0.3, -0.25) is 18.7 Å². The van der Waals surface area contributed by atoms with Crippen LogP contribution in [0.3, 0.4) is 0 Å². The number of halogens is 2. The van der Waals surface area contributed by atoms with Gasteiger partial charge in [-0.2, -0.15) is 0 Å². The van der Waals surface area contributed by atoms with Crippen LogP contribution in [-0.4, -0.2) is 39.7 Å². The predicted octanol–water partition coefficient (Wildman–Crippen LogP) is 0.205. The van der Waals surface area contributed by atoms with Gasteiger partial charge in [-0.15, -0.1) is 24.8 Å². The zero-order valence-electron chi connectivity index (χ0n) is 14.4. The van der Waals surface area contributed by atoms with Crippen molar-refractivity contribution in [1.82, 2.24) is 24.8 Å². The molecule has 2 heterocycles. The molecule has 1 amide bonds. The Morgan fingerprint density at radius 2 is 1.76 bits per heavy atom. The van der Waals surface area contributed by atoms with Gasteiger partial charge in [0, 0.05) is 27.2 Å². The van der Waals surface area contributed by atoms with Crippen LogP contribution in [0.4, 0.5) is 0 Å².